The summed E-state index contributed by atoms with van der Waals surface area (Å²) in [6.07, 6.45) is 8.46. The molecule has 28 heavy (non-hydrogen) atoms. The van der Waals surface area contributed by atoms with Crippen LogP contribution < -0.4 is 9.47 Å². The zero-order valence-electron chi connectivity index (χ0n) is 15.7. The largest absolute Gasteiger partial charge is 0.395 e. The second-order valence-electron chi connectivity index (χ2n) is 6.53. The van der Waals surface area contributed by atoms with E-state index in [1.54, 1.807) is 11.8 Å². The van der Waals surface area contributed by atoms with Gasteiger partial charge in [0.1, 0.15) is 6.54 Å². The molecule has 1 aromatic heterocycles. The van der Waals surface area contributed by atoms with Gasteiger partial charge in [-0.3, -0.25) is 0 Å². The third kappa shape index (κ3) is 3.68. The van der Waals surface area contributed by atoms with Crippen LogP contribution in [0.4, 0.5) is 5.69 Å². The van der Waals surface area contributed by atoms with Crippen LogP contribution >= 0.6 is 23.4 Å². The normalized spacial score (nSPS) is 15.1. The average Bonchev–Trinajstić information content (AvgIpc) is 3.05. The molecule has 0 fully saturated rings. The van der Waals surface area contributed by atoms with E-state index in [4.69, 9.17) is 11.6 Å². The molecule has 0 atom stereocenters. The molecular weight excluding hydrogens is 388 g/mol. The summed E-state index contributed by atoms with van der Waals surface area (Å²) in [4.78, 5) is 3.27. The summed E-state index contributed by atoms with van der Waals surface area (Å²) < 4.78 is 2.25. The Labute approximate surface area is 174 Å². The van der Waals surface area contributed by atoms with E-state index in [0.717, 1.165) is 22.2 Å². The second-order valence-corrected chi connectivity index (χ2v) is 8.03. The Morgan fingerprint density at radius 1 is 1.18 bits per heavy atom. The van der Waals surface area contributed by atoms with Crippen molar-refractivity contribution in [2.24, 2.45) is 0 Å². The lowest BCUT2D eigenvalue weighted by atomic mass is 10.1. The lowest BCUT2D eigenvalue weighted by Crippen LogP contribution is -2.32. The predicted octanol–water partition coefficient (Wildman–Crippen LogP) is 5.26. The van der Waals surface area contributed by atoms with Crippen LogP contribution in [0.15, 0.2) is 76.8 Å². The van der Waals surface area contributed by atoms with Gasteiger partial charge in [-0.25, -0.2) is 0 Å². The Morgan fingerprint density at radius 2 is 2.04 bits per heavy atom. The first-order chi connectivity index (χ1) is 13.7. The first-order valence-corrected chi connectivity index (χ1v) is 10.6. The zero-order valence-corrected chi connectivity index (χ0v) is 17.2. The van der Waals surface area contributed by atoms with Crippen molar-refractivity contribution in [1.82, 2.24) is 0 Å². The number of pyridine rings is 1. The molecule has 3 aromatic rings. The molecule has 2 heterocycles. The number of β-amino-alcohol motifs (C(OH)–C–C–N with tert-alkyl or cyclic N) is 1. The molecule has 0 bridgehead atoms. The second kappa shape index (κ2) is 8.39. The highest BCUT2D eigenvalue weighted by Gasteiger charge is 2.24. The van der Waals surface area contributed by atoms with Gasteiger partial charge in [-0.05, 0) is 42.8 Å². The number of para-hydroxylation sites is 1. The van der Waals surface area contributed by atoms with Gasteiger partial charge in [0.05, 0.1) is 22.7 Å². The van der Waals surface area contributed by atoms with E-state index in [0.29, 0.717) is 11.6 Å². The number of rotatable bonds is 5. The van der Waals surface area contributed by atoms with Crippen molar-refractivity contribution >= 4 is 46.0 Å². The van der Waals surface area contributed by atoms with Crippen molar-refractivity contribution in [2.75, 3.05) is 18.1 Å². The van der Waals surface area contributed by atoms with Crippen LogP contribution in [0.3, 0.4) is 0 Å². The zero-order chi connectivity index (χ0) is 19.5. The number of thioether (sulfide) groups is 1. The van der Waals surface area contributed by atoms with E-state index in [9.17, 15) is 5.11 Å². The number of fused-ring (bicyclic) bond motifs is 2. The van der Waals surface area contributed by atoms with E-state index in [1.165, 1.54) is 16.5 Å². The SMILES string of the molecule is CC[n+]1ccc(/C=C/C=C2\Sc3ccc(Cl)cc3N2CCO)c2ccccc21. The van der Waals surface area contributed by atoms with Gasteiger partial charge in [-0.1, -0.05) is 47.6 Å². The third-order valence-corrected chi connectivity index (χ3v) is 6.20. The highest BCUT2D eigenvalue weighted by atomic mass is 35.5. The minimum absolute atomic E-state index is 0.0912. The summed E-state index contributed by atoms with van der Waals surface area (Å²) in [6, 6.07) is 16.5. The van der Waals surface area contributed by atoms with Crippen molar-refractivity contribution in [2.45, 2.75) is 18.4 Å². The molecule has 0 saturated carbocycles. The Balaban J connectivity index is 1.66. The molecule has 0 saturated heterocycles. The standard InChI is InChI=1S/C23H22ClN2OS/c1-2-25-13-12-17(19-7-3-4-8-20(19)25)6-5-9-23-26(14-15-27)21-16-18(24)10-11-22(21)28-23/h3-13,16,27H,2,14-15H2,1H3/q+1. The molecule has 3 nitrogen and oxygen atoms in total. The molecule has 0 amide bonds. The smallest absolute Gasteiger partial charge is 0.213 e. The van der Waals surface area contributed by atoms with Crippen LogP contribution in [0.1, 0.15) is 12.5 Å². The highest BCUT2D eigenvalue weighted by Crippen LogP contribution is 2.46. The van der Waals surface area contributed by atoms with Gasteiger partial charge in [0, 0.05) is 28.6 Å². The molecule has 5 heteroatoms. The number of allylic oxidation sites excluding steroid dienone is 2. The Hall–Kier alpha value is -2.27. The number of benzene rings is 2. The Bertz CT molecular complexity index is 1080. The van der Waals surface area contributed by atoms with Gasteiger partial charge >= 0.3 is 0 Å². The van der Waals surface area contributed by atoms with Gasteiger partial charge in [-0.2, -0.15) is 4.57 Å². The Kier molecular flexibility index (Phi) is 5.72. The minimum Gasteiger partial charge on any atom is -0.395 e. The van der Waals surface area contributed by atoms with E-state index in [-0.39, 0.29) is 6.61 Å². The van der Waals surface area contributed by atoms with Crippen LogP contribution in [-0.2, 0) is 6.54 Å². The predicted molar refractivity (Wildman–Crippen MR) is 119 cm³/mol. The average molecular weight is 410 g/mol. The first kappa shape index (κ1) is 19.1. The number of halogens is 1. The van der Waals surface area contributed by atoms with Gasteiger partial charge in [-0.15, -0.1) is 0 Å². The highest BCUT2D eigenvalue weighted by molar-refractivity contribution is 8.03. The molecule has 0 unspecified atom stereocenters. The number of nitrogens with zero attached hydrogens (tertiary/aromatic N) is 2. The maximum absolute atomic E-state index is 9.48. The van der Waals surface area contributed by atoms with Gasteiger partial charge in [0.15, 0.2) is 6.20 Å². The Morgan fingerprint density at radius 3 is 2.86 bits per heavy atom. The fourth-order valence-corrected chi connectivity index (χ4v) is 4.74. The fourth-order valence-electron chi connectivity index (χ4n) is 3.49. The summed E-state index contributed by atoms with van der Waals surface area (Å²) in [5.41, 5.74) is 3.48. The number of aliphatic hydroxyl groups is 1. The molecule has 142 valence electrons. The molecule has 1 aliphatic heterocycles. The van der Waals surface area contributed by atoms with Crippen LogP contribution in [0.5, 0.6) is 0 Å². The van der Waals surface area contributed by atoms with Crippen molar-refractivity contribution < 1.29 is 9.67 Å². The van der Waals surface area contributed by atoms with Crippen LogP contribution in [0.25, 0.3) is 17.0 Å². The first-order valence-electron chi connectivity index (χ1n) is 9.36. The van der Waals surface area contributed by atoms with Crippen LogP contribution in [0, 0.1) is 0 Å². The van der Waals surface area contributed by atoms with Gasteiger partial charge in [0.25, 0.3) is 0 Å². The van der Waals surface area contributed by atoms with Crippen molar-refractivity contribution in [3.05, 3.63) is 82.5 Å². The number of anilines is 1. The maximum Gasteiger partial charge on any atom is 0.213 e. The summed E-state index contributed by atoms with van der Waals surface area (Å²) in [5.74, 6) is 0. The maximum atomic E-state index is 9.48. The summed E-state index contributed by atoms with van der Waals surface area (Å²) in [5, 5.41) is 12.5. The van der Waals surface area contributed by atoms with E-state index >= 15 is 0 Å². The van der Waals surface area contributed by atoms with E-state index in [1.807, 2.05) is 18.2 Å². The molecular formula is C23H22ClN2OS+. The topological polar surface area (TPSA) is 27.4 Å². The number of hydrogen-bond acceptors (Lipinski definition) is 3. The quantitative estimate of drug-likeness (QED) is 0.582. The lowest BCUT2D eigenvalue weighted by molar-refractivity contribution is -0.667. The molecule has 0 radical (unpaired) electrons. The molecule has 1 N–H and O–H groups in total. The van der Waals surface area contributed by atoms with Gasteiger partial charge < -0.3 is 10.0 Å². The molecule has 0 spiro atoms. The van der Waals surface area contributed by atoms with E-state index in [2.05, 4.69) is 71.1 Å². The molecule has 0 aliphatic carbocycles. The summed E-state index contributed by atoms with van der Waals surface area (Å²) >= 11 is 7.87. The monoisotopic (exact) mass is 409 g/mol. The lowest BCUT2D eigenvalue weighted by Gasteiger charge is -2.18. The number of aliphatic hydroxyl groups excluding tert-OH is 1. The van der Waals surface area contributed by atoms with Crippen LogP contribution in [-0.4, -0.2) is 18.3 Å². The number of aryl methyl sites for hydroxylation is 1. The van der Waals surface area contributed by atoms with Gasteiger partial charge in [0.2, 0.25) is 5.52 Å². The van der Waals surface area contributed by atoms with Crippen LogP contribution in [0.2, 0.25) is 5.02 Å². The summed E-state index contributed by atoms with van der Waals surface area (Å²) in [6.45, 7) is 3.74. The van der Waals surface area contributed by atoms with Crippen molar-refractivity contribution in [3.63, 3.8) is 0 Å². The molecule has 2 aromatic carbocycles. The number of aromatic nitrogens is 1. The fraction of sp³-hybridized carbons (Fsp3) is 0.174. The van der Waals surface area contributed by atoms with Crippen molar-refractivity contribution in [1.29, 1.82) is 0 Å². The molecule has 1 aliphatic rings. The van der Waals surface area contributed by atoms with E-state index < -0.39 is 0 Å². The summed E-state index contributed by atoms with van der Waals surface area (Å²) in [7, 11) is 0. The minimum atomic E-state index is 0.0912. The molecule has 4 rings (SSSR count). The van der Waals surface area contributed by atoms with Crippen molar-refractivity contribution in [3.8, 4) is 0 Å². The number of hydrogen-bond donors (Lipinski definition) is 1. The third-order valence-electron chi connectivity index (χ3n) is 4.83.